The normalized spacial score (nSPS) is 11.4. The van der Waals surface area contributed by atoms with Crippen molar-refractivity contribution < 1.29 is 19.1 Å². The van der Waals surface area contributed by atoms with E-state index in [4.69, 9.17) is 4.74 Å². The molecule has 0 unspecified atom stereocenters. The molecule has 8 nitrogen and oxygen atoms in total. The first-order valence-electron chi connectivity index (χ1n) is 9.94. The van der Waals surface area contributed by atoms with Crippen LogP contribution < -0.4 is 10.6 Å². The van der Waals surface area contributed by atoms with Crippen molar-refractivity contribution in [1.82, 2.24) is 20.4 Å². The Bertz CT molecular complexity index is 1050. The zero-order valence-corrected chi connectivity index (χ0v) is 17.4. The Morgan fingerprint density at radius 2 is 1.68 bits per heavy atom. The molecule has 2 amide bonds. The topological polar surface area (TPSA) is 102 Å². The lowest BCUT2D eigenvalue weighted by Gasteiger charge is -2.13. The number of carbonyl (C=O) groups is 3. The molecule has 0 aliphatic heterocycles. The van der Waals surface area contributed by atoms with Crippen LogP contribution in [0, 0.1) is 0 Å². The third-order valence-corrected chi connectivity index (χ3v) is 4.46. The van der Waals surface area contributed by atoms with E-state index >= 15 is 0 Å². The van der Waals surface area contributed by atoms with Crippen LogP contribution in [0.4, 0.5) is 0 Å². The first-order valence-corrected chi connectivity index (χ1v) is 9.94. The molecule has 3 rings (SSSR count). The molecule has 0 saturated carbocycles. The number of aromatic nitrogens is 2. The predicted octanol–water partition coefficient (Wildman–Crippen LogP) is 2.34. The Labute approximate surface area is 180 Å². The van der Waals surface area contributed by atoms with E-state index in [-0.39, 0.29) is 11.5 Å². The van der Waals surface area contributed by atoms with Gasteiger partial charge in [-0.1, -0.05) is 48.5 Å². The van der Waals surface area contributed by atoms with Gasteiger partial charge in [-0.25, -0.2) is 9.48 Å². The van der Waals surface area contributed by atoms with Gasteiger partial charge in [0, 0.05) is 18.3 Å². The number of para-hydroxylation sites is 1. The molecule has 2 N–H and O–H groups in total. The van der Waals surface area contributed by atoms with E-state index in [2.05, 4.69) is 15.7 Å². The van der Waals surface area contributed by atoms with Gasteiger partial charge in [0.15, 0.2) is 6.61 Å². The smallest absolute Gasteiger partial charge is 0.342 e. The number of nitrogens with one attached hydrogen (secondary N) is 2. The van der Waals surface area contributed by atoms with Crippen molar-refractivity contribution in [3.63, 3.8) is 0 Å². The van der Waals surface area contributed by atoms with E-state index in [1.807, 2.05) is 60.7 Å². The molecular weight excluding hydrogens is 396 g/mol. The van der Waals surface area contributed by atoms with Gasteiger partial charge in [-0.05, 0) is 26.0 Å². The van der Waals surface area contributed by atoms with E-state index < -0.39 is 24.5 Å². The molecule has 1 aromatic heterocycles. The van der Waals surface area contributed by atoms with Gasteiger partial charge in [0.1, 0.15) is 17.3 Å². The highest BCUT2D eigenvalue weighted by Gasteiger charge is 2.22. The van der Waals surface area contributed by atoms with Gasteiger partial charge in [0.05, 0.1) is 5.69 Å². The number of rotatable bonds is 8. The number of carbonyl (C=O) groups excluding carboxylic acids is 3. The first-order chi connectivity index (χ1) is 15.0. The molecule has 0 aliphatic carbocycles. The van der Waals surface area contributed by atoms with Gasteiger partial charge in [-0.15, -0.1) is 0 Å². The maximum Gasteiger partial charge on any atom is 0.342 e. The van der Waals surface area contributed by atoms with Crippen LogP contribution in [0.5, 0.6) is 0 Å². The van der Waals surface area contributed by atoms with Crippen molar-refractivity contribution in [3.05, 3.63) is 72.4 Å². The van der Waals surface area contributed by atoms with Crippen molar-refractivity contribution in [1.29, 1.82) is 0 Å². The number of ether oxygens (including phenoxy) is 1. The predicted molar refractivity (Wildman–Crippen MR) is 116 cm³/mol. The van der Waals surface area contributed by atoms with E-state index in [0.29, 0.717) is 12.2 Å². The summed E-state index contributed by atoms with van der Waals surface area (Å²) in [7, 11) is 0. The first kappa shape index (κ1) is 21.8. The van der Waals surface area contributed by atoms with E-state index in [1.54, 1.807) is 24.7 Å². The number of benzene rings is 2. The van der Waals surface area contributed by atoms with Crippen LogP contribution in [0.3, 0.4) is 0 Å². The summed E-state index contributed by atoms with van der Waals surface area (Å²) in [4.78, 5) is 36.6. The Kier molecular flexibility index (Phi) is 7.16. The molecule has 8 heteroatoms. The molecule has 160 valence electrons. The Hall–Kier alpha value is -3.94. The second-order valence-corrected chi connectivity index (χ2v) is 6.80. The highest BCUT2D eigenvalue weighted by Crippen LogP contribution is 2.24. The molecule has 1 atom stereocenters. The summed E-state index contributed by atoms with van der Waals surface area (Å²) in [5.41, 5.74) is 2.22. The summed E-state index contributed by atoms with van der Waals surface area (Å²) in [6, 6.07) is 17.9. The molecule has 0 fully saturated rings. The van der Waals surface area contributed by atoms with E-state index in [1.165, 1.54) is 0 Å². The SMILES string of the molecule is CCNC(=O)[C@@H](C)NC(=O)COC(=O)c1cn(-c2ccccc2)nc1-c1ccccc1. The zero-order chi connectivity index (χ0) is 22.2. The molecule has 0 saturated heterocycles. The summed E-state index contributed by atoms with van der Waals surface area (Å²) in [6.45, 7) is 3.30. The summed E-state index contributed by atoms with van der Waals surface area (Å²) >= 11 is 0. The minimum Gasteiger partial charge on any atom is -0.452 e. The van der Waals surface area contributed by atoms with Gasteiger partial charge in [-0.3, -0.25) is 9.59 Å². The highest BCUT2D eigenvalue weighted by molar-refractivity contribution is 5.97. The Morgan fingerprint density at radius 1 is 1.03 bits per heavy atom. The van der Waals surface area contributed by atoms with Crippen LogP contribution in [-0.2, 0) is 14.3 Å². The fourth-order valence-corrected chi connectivity index (χ4v) is 2.93. The Morgan fingerprint density at radius 3 is 2.32 bits per heavy atom. The molecule has 0 bridgehead atoms. The van der Waals surface area contributed by atoms with Gasteiger partial charge in [-0.2, -0.15) is 5.10 Å². The monoisotopic (exact) mass is 420 g/mol. The van der Waals surface area contributed by atoms with Crippen molar-refractivity contribution >= 4 is 17.8 Å². The van der Waals surface area contributed by atoms with Crippen LogP contribution in [-0.4, -0.2) is 46.8 Å². The Balaban J connectivity index is 1.76. The molecule has 0 aliphatic rings. The lowest BCUT2D eigenvalue weighted by Crippen LogP contribution is -2.46. The van der Waals surface area contributed by atoms with Crippen LogP contribution in [0.2, 0.25) is 0 Å². The number of hydrogen-bond acceptors (Lipinski definition) is 5. The minimum absolute atomic E-state index is 0.236. The zero-order valence-electron chi connectivity index (χ0n) is 17.4. The number of hydrogen-bond donors (Lipinski definition) is 2. The van der Waals surface area contributed by atoms with Crippen molar-refractivity contribution in [3.8, 4) is 16.9 Å². The van der Waals surface area contributed by atoms with E-state index in [0.717, 1.165) is 11.3 Å². The lowest BCUT2D eigenvalue weighted by molar-refractivity contribution is -0.130. The molecule has 31 heavy (non-hydrogen) atoms. The molecule has 3 aromatic rings. The van der Waals surface area contributed by atoms with E-state index in [9.17, 15) is 14.4 Å². The molecule has 2 aromatic carbocycles. The summed E-state index contributed by atoms with van der Waals surface area (Å²) in [5, 5.41) is 9.67. The van der Waals surface area contributed by atoms with Crippen LogP contribution in [0.1, 0.15) is 24.2 Å². The third kappa shape index (κ3) is 5.57. The average molecular weight is 420 g/mol. The van der Waals surface area contributed by atoms with Crippen LogP contribution in [0.15, 0.2) is 66.9 Å². The maximum atomic E-state index is 12.8. The number of amides is 2. The number of likely N-dealkylation sites (N-methyl/N-ethyl adjacent to an activating group) is 1. The molecule has 1 heterocycles. The van der Waals surface area contributed by atoms with Gasteiger partial charge in [0.2, 0.25) is 5.91 Å². The summed E-state index contributed by atoms with van der Waals surface area (Å²) in [5.74, 6) is -1.55. The third-order valence-electron chi connectivity index (χ3n) is 4.46. The van der Waals surface area contributed by atoms with Gasteiger partial charge in [0.25, 0.3) is 5.91 Å². The maximum absolute atomic E-state index is 12.8. The molecule has 0 spiro atoms. The van der Waals surface area contributed by atoms with Crippen molar-refractivity contribution in [2.45, 2.75) is 19.9 Å². The van der Waals surface area contributed by atoms with Gasteiger partial charge >= 0.3 is 5.97 Å². The fourth-order valence-electron chi connectivity index (χ4n) is 2.93. The number of esters is 1. The lowest BCUT2D eigenvalue weighted by atomic mass is 10.1. The average Bonchev–Trinajstić information content (AvgIpc) is 3.24. The van der Waals surface area contributed by atoms with Crippen LogP contribution in [0.25, 0.3) is 16.9 Å². The number of nitrogens with zero attached hydrogens (tertiary/aromatic N) is 2. The second-order valence-electron chi connectivity index (χ2n) is 6.80. The molecule has 0 radical (unpaired) electrons. The largest absolute Gasteiger partial charge is 0.452 e. The minimum atomic E-state index is -0.730. The highest BCUT2D eigenvalue weighted by atomic mass is 16.5. The van der Waals surface area contributed by atoms with Crippen LogP contribution >= 0.6 is 0 Å². The fraction of sp³-hybridized carbons (Fsp3) is 0.217. The van der Waals surface area contributed by atoms with Gasteiger partial charge < -0.3 is 15.4 Å². The van der Waals surface area contributed by atoms with Crippen molar-refractivity contribution in [2.24, 2.45) is 0 Å². The molecular formula is C23H24N4O4. The quantitative estimate of drug-likeness (QED) is 0.545. The standard InChI is InChI=1S/C23H24N4O4/c1-3-24-22(29)16(2)25-20(28)15-31-23(30)19-14-27(18-12-8-5-9-13-18)26-21(19)17-10-6-4-7-11-17/h4-14,16H,3,15H2,1-2H3,(H,24,29)(H,25,28)/t16-/m1/s1. The van der Waals surface area contributed by atoms with Crippen molar-refractivity contribution in [2.75, 3.05) is 13.2 Å². The summed E-state index contributed by atoms with van der Waals surface area (Å²) < 4.78 is 6.80. The summed E-state index contributed by atoms with van der Waals surface area (Å²) in [6.07, 6.45) is 1.58. The second kappa shape index (κ2) is 10.2.